The third-order valence-corrected chi connectivity index (χ3v) is 7.65. The average molecular weight is 311 g/mol. The zero-order valence-corrected chi connectivity index (χ0v) is 14.1. The van der Waals surface area contributed by atoms with Crippen LogP contribution in [0.15, 0.2) is 18.2 Å². The predicted molar refractivity (Wildman–Crippen MR) is 92.8 cm³/mol. The van der Waals surface area contributed by atoms with Crippen LogP contribution in [0.3, 0.4) is 0 Å². The summed E-state index contributed by atoms with van der Waals surface area (Å²) in [6.07, 6.45) is 12.5. The molecule has 124 valence electrons. The predicted octanol–water partition coefficient (Wildman–Crippen LogP) is 4.25. The second-order valence-electron chi connectivity index (χ2n) is 8.66. The Kier molecular flexibility index (Phi) is 3.27. The minimum Gasteiger partial charge on any atom is -0.508 e. The molecule has 2 saturated carbocycles. The number of aromatic hydroxyl groups is 1. The van der Waals surface area contributed by atoms with Crippen molar-refractivity contribution in [3.05, 3.63) is 29.3 Å². The van der Waals surface area contributed by atoms with Crippen LogP contribution in [0.4, 0.5) is 0 Å². The van der Waals surface area contributed by atoms with Crippen molar-refractivity contribution >= 4 is 0 Å². The van der Waals surface area contributed by atoms with Crippen molar-refractivity contribution in [2.45, 2.75) is 69.2 Å². The molecule has 1 aromatic rings. The molecule has 5 rings (SSSR count). The number of hydrogen-bond donors (Lipinski definition) is 1. The van der Waals surface area contributed by atoms with Crippen LogP contribution in [0.1, 0.15) is 62.5 Å². The largest absolute Gasteiger partial charge is 0.508 e. The summed E-state index contributed by atoms with van der Waals surface area (Å²) in [5.41, 5.74) is 3.43. The molecule has 1 aromatic carbocycles. The van der Waals surface area contributed by atoms with E-state index in [9.17, 15) is 5.11 Å². The topological polar surface area (TPSA) is 23.5 Å². The van der Waals surface area contributed by atoms with Crippen LogP contribution in [0.2, 0.25) is 0 Å². The molecule has 0 spiro atoms. The van der Waals surface area contributed by atoms with Gasteiger partial charge in [0.1, 0.15) is 5.75 Å². The number of nitrogens with zero attached hydrogens (tertiary/aromatic N) is 1. The fourth-order valence-electron chi connectivity index (χ4n) is 6.31. The number of hydrogen-bond acceptors (Lipinski definition) is 2. The van der Waals surface area contributed by atoms with Crippen molar-refractivity contribution in [3.8, 4) is 5.75 Å². The number of phenolic OH excluding ortho intramolecular Hbond substituents is 1. The van der Waals surface area contributed by atoms with Gasteiger partial charge in [0.25, 0.3) is 0 Å². The summed E-state index contributed by atoms with van der Waals surface area (Å²) < 4.78 is 0. The lowest BCUT2D eigenvalue weighted by atomic mass is 9.52. The Morgan fingerprint density at radius 3 is 2.83 bits per heavy atom. The number of piperidine rings is 1. The van der Waals surface area contributed by atoms with Crippen molar-refractivity contribution in [1.29, 1.82) is 0 Å². The highest BCUT2D eigenvalue weighted by molar-refractivity contribution is 5.45. The van der Waals surface area contributed by atoms with Crippen molar-refractivity contribution in [1.82, 2.24) is 4.90 Å². The number of rotatable bonds is 2. The van der Waals surface area contributed by atoms with E-state index in [2.05, 4.69) is 17.0 Å². The van der Waals surface area contributed by atoms with E-state index >= 15 is 0 Å². The minimum atomic E-state index is 0.380. The molecule has 1 saturated heterocycles. The zero-order valence-electron chi connectivity index (χ0n) is 14.1. The maximum absolute atomic E-state index is 10.1. The number of fused-ring (bicyclic) bond motifs is 1. The molecule has 0 radical (unpaired) electrons. The second-order valence-corrected chi connectivity index (χ2v) is 8.66. The van der Waals surface area contributed by atoms with Crippen molar-refractivity contribution < 1.29 is 5.11 Å². The third-order valence-electron chi connectivity index (χ3n) is 7.65. The molecule has 3 fully saturated rings. The van der Waals surface area contributed by atoms with Gasteiger partial charge in [-0.1, -0.05) is 25.3 Å². The van der Waals surface area contributed by atoms with Crippen LogP contribution < -0.4 is 0 Å². The highest BCUT2D eigenvalue weighted by Crippen LogP contribution is 2.56. The molecule has 1 heterocycles. The summed E-state index contributed by atoms with van der Waals surface area (Å²) in [6.45, 7) is 2.64. The minimum absolute atomic E-state index is 0.380. The average Bonchev–Trinajstić information content (AvgIpc) is 2.53. The van der Waals surface area contributed by atoms with E-state index in [-0.39, 0.29) is 0 Å². The molecule has 1 N–H and O–H groups in total. The van der Waals surface area contributed by atoms with E-state index in [0.717, 1.165) is 17.9 Å². The lowest BCUT2D eigenvalue weighted by molar-refractivity contribution is -0.0240. The molecule has 3 aliphatic carbocycles. The Morgan fingerprint density at radius 2 is 2.00 bits per heavy atom. The van der Waals surface area contributed by atoms with Gasteiger partial charge in [0, 0.05) is 18.0 Å². The van der Waals surface area contributed by atoms with E-state index in [1.807, 2.05) is 6.07 Å². The van der Waals surface area contributed by atoms with Gasteiger partial charge < -0.3 is 5.11 Å². The first-order valence-electron chi connectivity index (χ1n) is 9.83. The van der Waals surface area contributed by atoms with Crippen LogP contribution in [-0.4, -0.2) is 29.1 Å². The molecule has 0 amide bonds. The van der Waals surface area contributed by atoms with Crippen molar-refractivity contribution in [3.63, 3.8) is 0 Å². The molecule has 1 aliphatic heterocycles. The summed E-state index contributed by atoms with van der Waals surface area (Å²) in [6, 6.07) is 7.01. The second kappa shape index (κ2) is 5.24. The first kappa shape index (κ1) is 14.3. The van der Waals surface area contributed by atoms with Gasteiger partial charge in [0.2, 0.25) is 0 Å². The highest BCUT2D eigenvalue weighted by Gasteiger charge is 2.53. The molecular weight excluding hydrogens is 282 g/mol. The molecule has 23 heavy (non-hydrogen) atoms. The maximum atomic E-state index is 10.1. The molecule has 0 aromatic heterocycles. The molecule has 4 aliphatic rings. The zero-order chi connectivity index (χ0) is 15.4. The smallest absolute Gasteiger partial charge is 0.115 e. The van der Waals surface area contributed by atoms with Crippen LogP contribution >= 0.6 is 0 Å². The quantitative estimate of drug-likeness (QED) is 0.882. The summed E-state index contributed by atoms with van der Waals surface area (Å²) in [4.78, 5) is 2.87. The van der Waals surface area contributed by atoms with Crippen LogP contribution in [-0.2, 0) is 11.8 Å². The number of phenols is 1. The fraction of sp³-hybridized carbons (Fsp3) is 0.714. The molecule has 3 atom stereocenters. The van der Waals surface area contributed by atoms with Gasteiger partial charge in [-0.05, 0) is 80.2 Å². The third kappa shape index (κ3) is 2.10. The summed E-state index contributed by atoms with van der Waals surface area (Å²) in [5.74, 6) is 2.28. The summed E-state index contributed by atoms with van der Waals surface area (Å²) in [7, 11) is 0. The van der Waals surface area contributed by atoms with E-state index < -0.39 is 0 Å². The van der Waals surface area contributed by atoms with Gasteiger partial charge in [-0.3, -0.25) is 4.90 Å². The normalized spacial score (nSPS) is 36.9. The first-order valence-corrected chi connectivity index (χ1v) is 9.83. The Hall–Kier alpha value is -1.02. The molecule has 2 nitrogen and oxygen atoms in total. The van der Waals surface area contributed by atoms with E-state index in [1.54, 1.807) is 0 Å². The van der Waals surface area contributed by atoms with Crippen LogP contribution in [0.5, 0.6) is 5.75 Å². The molecule has 2 heteroatoms. The van der Waals surface area contributed by atoms with Gasteiger partial charge in [-0.15, -0.1) is 0 Å². The first-order chi connectivity index (χ1) is 11.3. The maximum Gasteiger partial charge on any atom is 0.115 e. The summed E-state index contributed by atoms with van der Waals surface area (Å²) in [5, 5.41) is 10.1. The van der Waals surface area contributed by atoms with Gasteiger partial charge in [-0.25, -0.2) is 0 Å². The Labute approximate surface area is 139 Å². The van der Waals surface area contributed by atoms with Crippen molar-refractivity contribution in [2.24, 2.45) is 11.8 Å². The molecule has 3 unspecified atom stereocenters. The molecule has 2 bridgehead atoms. The molecular formula is C21H29NO. The SMILES string of the molecule is Oc1ccc2c(c1)C13CCCCC1C(C2)N(CC1CCC1)CC3. The monoisotopic (exact) mass is 311 g/mol. The van der Waals surface area contributed by atoms with Gasteiger partial charge in [0.15, 0.2) is 0 Å². The van der Waals surface area contributed by atoms with E-state index in [0.29, 0.717) is 11.2 Å². The Morgan fingerprint density at radius 1 is 1.09 bits per heavy atom. The lowest BCUT2D eigenvalue weighted by Gasteiger charge is -2.59. The Balaban J connectivity index is 1.54. The standard InChI is InChI=1S/C21H29NO/c23-17-8-7-16-12-20-18-6-1-2-9-21(18,19(16)13-17)10-11-22(20)14-15-4-3-5-15/h7-8,13,15,18,20,23H,1-6,9-12,14H2. The van der Waals surface area contributed by atoms with Gasteiger partial charge in [0.05, 0.1) is 0 Å². The fourth-order valence-corrected chi connectivity index (χ4v) is 6.31. The van der Waals surface area contributed by atoms with Crippen LogP contribution in [0, 0.1) is 11.8 Å². The van der Waals surface area contributed by atoms with Crippen molar-refractivity contribution in [2.75, 3.05) is 13.1 Å². The van der Waals surface area contributed by atoms with E-state index in [1.165, 1.54) is 82.0 Å². The van der Waals surface area contributed by atoms with Gasteiger partial charge >= 0.3 is 0 Å². The lowest BCUT2D eigenvalue weighted by Crippen LogP contribution is -2.61. The number of benzene rings is 1. The van der Waals surface area contributed by atoms with Crippen LogP contribution in [0.25, 0.3) is 0 Å². The highest BCUT2D eigenvalue weighted by atomic mass is 16.3. The number of likely N-dealkylation sites (tertiary alicyclic amines) is 1. The van der Waals surface area contributed by atoms with Gasteiger partial charge in [-0.2, -0.15) is 0 Å². The summed E-state index contributed by atoms with van der Waals surface area (Å²) >= 11 is 0. The van der Waals surface area contributed by atoms with E-state index in [4.69, 9.17) is 0 Å². The Bertz CT molecular complexity index is 608.